The van der Waals surface area contributed by atoms with Crippen molar-refractivity contribution in [3.05, 3.63) is 47.5 Å². The Labute approximate surface area is 240 Å². The van der Waals surface area contributed by atoms with Gasteiger partial charge in [0.25, 0.3) is 0 Å². The number of phenols is 2. The fraction of sp³-hybridized carbons (Fsp3) is 0.357. The molecule has 14 nitrogen and oxygen atoms in total. The van der Waals surface area contributed by atoms with Crippen molar-refractivity contribution < 1.29 is 68.3 Å². The number of methoxy groups -OCH3 is 4. The molecule has 0 unspecified atom stereocenters. The normalized spacial score (nSPS) is 22.1. The van der Waals surface area contributed by atoms with Crippen LogP contribution in [-0.2, 0) is 23.8 Å². The van der Waals surface area contributed by atoms with E-state index in [0.717, 1.165) is 12.2 Å². The average Bonchev–Trinajstić information content (AvgIpc) is 2.99. The van der Waals surface area contributed by atoms with Crippen LogP contribution in [0, 0.1) is 0 Å². The molecule has 0 aliphatic carbocycles. The van der Waals surface area contributed by atoms with E-state index >= 15 is 0 Å². The van der Waals surface area contributed by atoms with E-state index in [4.69, 9.17) is 33.2 Å². The van der Waals surface area contributed by atoms with Gasteiger partial charge in [-0.25, -0.2) is 9.59 Å². The summed E-state index contributed by atoms with van der Waals surface area (Å²) in [5, 5.41) is 50.9. The molecule has 3 rings (SSSR count). The van der Waals surface area contributed by atoms with Crippen LogP contribution in [0.1, 0.15) is 11.1 Å². The molecule has 2 aromatic carbocycles. The number of carbonyl (C=O) groups excluding carboxylic acids is 2. The van der Waals surface area contributed by atoms with Crippen LogP contribution in [0.4, 0.5) is 0 Å². The third-order valence-electron chi connectivity index (χ3n) is 6.13. The van der Waals surface area contributed by atoms with Crippen LogP contribution in [0.5, 0.6) is 34.5 Å². The second-order valence-corrected chi connectivity index (χ2v) is 8.76. The lowest BCUT2D eigenvalue weighted by atomic mass is 9.99. The lowest BCUT2D eigenvalue weighted by Crippen LogP contribution is -2.60. The van der Waals surface area contributed by atoms with Crippen molar-refractivity contribution >= 4 is 24.1 Å². The number of phenolic OH excluding ortho intramolecular Hbond substituents is 2. The van der Waals surface area contributed by atoms with Crippen molar-refractivity contribution in [1.29, 1.82) is 0 Å². The lowest BCUT2D eigenvalue weighted by Gasteiger charge is -2.40. The van der Waals surface area contributed by atoms with E-state index in [-0.39, 0.29) is 34.5 Å². The summed E-state index contributed by atoms with van der Waals surface area (Å²) in [4.78, 5) is 25.1. The summed E-state index contributed by atoms with van der Waals surface area (Å²) in [7, 11) is 5.35. The fourth-order valence-corrected chi connectivity index (χ4v) is 3.97. The van der Waals surface area contributed by atoms with E-state index in [1.54, 1.807) is 0 Å². The molecule has 1 aliphatic rings. The van der Waals surface area contributed by atoms with Gasteiger partial charge in [0.1, 0.15) is 12.2 Å². The van der Waals surface area contributed by atoms with Gasteiger partial charge in [-0.2, -0.15) is 0 Å². The van der Waals surface area contributed by atoms with E-state index in [1.807, 2.05) is 0 Å². The molecule has 1 fully saturated rings. The van der Waals surface area contributed by atoms with E-state index in [2.05, 4.69) is 0 Å². The molecule has 5 N–H and O–H groups in total. The molecule has 1 aliphatic heterocycles. The number of rotatable bonds is 11. The predicted octanol–water partition coefficient (Wildman–Crippen LogP) is 0.753. The smallest absolute Gasteiger partial charge is 0.333 e. The van der Waals surface area contributed by atoms with Crippen molar-refractivity contribution in [2.24, 2.45) is 0 Å². The zero-order valence-corrected chi connectivity index (χ0v) is 23.1. The van der Waals surface area contributed by atoms with Gasteiger partial charge in [0.15, 0.2) is 35.2 Å². The molecule has 2 aromatic rings. The van der Waals surface area contributed by atoms with Gasteiger partial charge in [0.05, 0.1) is 35.0 Å². The van der Waals surface area contributed by atoms with Gasteiger partial charge in [0.2, 0.25) is 17.8 Å². The standard InChI is InChI=1S/C28H32O14/c1-36-16-9-14(10-17(37-2)23(16)32)5-7-21(30)41-27-25(34)20(13-29)40-28(26(27)35)42-22(31)8-6-15-11-18(38-3)24(33)19(12-15)39-4/h5-12,20,25-29,32-35H,13H2,1-4H3/b7-5+,8-6+/t20-,25-,26-,27+,28+/m1/s1. The molecule has 1 saturated heterocycles. The predicted molar refractivity (Wildman–Crippen MR) is 144 cm³/mol. The molecule has 0 bridgehead atoms. The molecule has 1 heterocycles. The van der Waals surface area contributed by atoms with Crippen molar-refractivity contribution in [3.8, 4) is 34.5 Å². The summed E-state index contributed by atoms with van der Waals surface area (Å²) >= 11 is 0. The highest BCUT2D eigenvalue weighted by atomic mass is 16.7. The van der Waals surface area contributed by atoms with Crippen molar-refractivity contribution in [2.45, 2.75) is 30.7 Å². The minimum absolute atomic E-state index is 0.0887. The maximum atomic E-state index is 12.6. The Morgan fingerprint density at radius 1 is 0.738 bits per heavy atom. The molecule has 0 amide bonds. The maximum absolute atomic E-state index is 12.6. The van der Waals surface area contributed by atoms with Crippen LogP contribution < -0.4 is 18.9 Å². The topological polar surface area (TPSA) is 200 Å². The van der Waals surface area contributed by atoms with Gasteiger partial charge in [-0.05, 0) is 47.5 Å². The Morgan fingerprint density at radius 3 is 1.52 bits per heavy atom. The Kier molecular flexibility index (Phi) is 11.0. The van der Waals surface area contributed by atoms with E-state index in [0.29, 0.717) is 11.1 Å². The maximum Gasteiger partial charge on any atom is 0.333 e. The van der Waals surface area contributed by atoms with E-state index < -0.39 is 49.3 Å². The summed E-state index contributed by atoms with van der Waals surface area (Å²) < 4.78 is 36.0. The van der Waals surface area contributed by atoms with Crippen LogP contribution in [0.25, 0.3) is 12.2 Å². The number of aromatic hydroxyl groups is 2. The molecule has 0 radical (unpaired) electrons. The van der Waals surface area contributed by atoms with Gasteiger partial charge in [-0.3, -0.25) is 0 Å². The fourth-order valence-electron chi connectivity index (χ4n) is 3.97. The first-order valence-electron chi connectivity index (χ1n) is 12.4. The lowest BCUT2D eigenvalue weighted by molar-refractivity contribution is -0.293. The second-order valence-electron chi connectivity index (χ2n) is 8.76. The Balaban J connectivity index is 1.72. The molecular formula is C28H32O14. The molecule has 0 spiro atoms. The quantitative estimate of drug-likeness (QED) is 0.181. The molecule has 0 aromatic heterocycles. The van der Waals surface area contributed by atoms with Crippen LogP contribution in [0.15, 0.2) is 36.4 Å². The zero-order valence-electron chi connectivity index (χ0n) is 23.1. The minimum atomic E-state index is -1.83. The van der Waals surface area contributed by atoms with E-state index in [1.165, 1.54) is 64.9 Å². The van der Waals surface area contributed by atoms with Crippen LogP contribution in [-0.4, -0.2) is 103 Å². The summed E-state index contributed by atoms with van der Waals surface area (Å²) in [5.41, 5.74) is 0.789. The molecule has 42 heavy (non-hydrogen) atoms. The van der Waals surface area contributed by atoms with Crippen LogP contribution in [0.3, 0.4) is 0 Å². The molecule has 14 heteroatoms. The molecule has 228 valence electrons. The van der Waals surface area contributed by atoms with Gasteiger partial charge in [-0.15, -0.1) is 0 Å². The number of carbonyl (C=O) groups is 2. The minimum Gasteiger partial charge on any atom is -0.502 e. The summed E-state index contributed by atoms with van der Waals surface area (Å²) in [6, 6.07) is 5.71. The number of benzene rings is 2. The summed E-state index contributed by atoms with van der Waals surface area (Å²) in [6.45, 7) is -0.748. The zero-order chi connectivity index (χ0) is 31.0. The number of ether oxygens (including phenoxy) is 7. The number of aliphatic hydroxyl groups excluding tert-OH is 3. The SMILES string of the molecule is COc1cc(/C=C/C(=O)O[C@@H]2O[C@H](CO)[C@@H](O)[C@H](OC(=O)/C=C/c3cc(OC)c(O)c(OC)c3)[C@H]2O)cc(OC)c1O. The number of hydrogen-bond donors (Lipinski definition) is 5. The molecular weight excluding hydrogens is 560 g/mol. The first-order chi connectivity index (χ1) is 20.1. The Morgan fingerprint density at radius 2 is 1.14 bits per heavy atom. The van der Waals surface area contributed by atoms with Gasteiger partial charge in [-0.1, -0.05) is 0 Å². The number of hydrogen-bond acceptors (Lipinski definition) is 14. The van der Waals surface area contributed by atoms with Crippen LogP contribution >= 0.6 is 0 Å². The number of aliphatic hydroxyl groups is 3. The molecule has 0 saturated carbocycles. The van der Waals surface area contributed by atoms with Gasteiger partial charge >= 0.3 is 11.9 Å². The monoisotopic (exact) mass is 592 g/mol. The molecule has 5 atom stereocenters. The summed E-state index contributed by atoms with van der Waals surface area (Å²) in [5.74, 6) is -2.09. The first kappa shape index (κ1) is 32.0. The van der Waals surface area contributed by atoms with Crippen molar-refractivity contribution in [2.75, 3.05) is 35.0 Å². The van der Waals surface area contributed by atoms with Gasteiger partial charge in [0, 0.05) is 12.2 Å². The van der Waals surface area contributed by atoms with Crippen molar-refractivity contribution in [1.82, 2.24) is 0 Å². The Bertz CT molecular complexity index is 1270. The van der Waals surface area contributed by atoms with Crippen LogP contribution in [0.2, 0.25) is 0 Å². The Hall–Kier alpha value is -4.50. The highest BCUT2D eigenvalue weighted by Crippen LogP contribution is 2.38. The third kappa shape index (κ3) is 7.41. The van der Waals surface area contributed by atoms with Gasteiger partial charge < -0.3 is 58.7 Å². The highest BCUT2D eigenvalue weighted by Gasteiger charge is 2.48. The number of esters is 2. The van der Waals surface area contributed by atoms with E-state index in [9.17, 15) is 35.1 Å². The average molecular weight is 593 g/mol. The second kappa shape index (κ2) is 14.4. The van der Waals surface area contributed by atoms with Crippen molar-refractivity contribution in [3.63, 3.8) is 0 Å². The third-order valence-corrected chi connectivity index (χ3v) is 6.13. The highest BCUT2D eigenvalue weighted by molar-refractivity contribution is 5.88. The first-order valence-corrected chi connectivity index (χ1v) is 12.4. The summed E-state index contributed by atoms with van der Waals surface area (Å²) in [6.07, 6.45) is -3.64. The largest absolute Gasteiger partial charge is 0.502 e.